The van der Waals surface area contributed by atoms with Crippen LogP contribution in [0.3, 0.4) is 0 Å². The van der Waals surface area contributed by atoms with Gasteiger partial charge in [0.05, 0.1) is 5.56 Å². The zero-order chi connectivity index (χ0) is 29.7. The molecule has 0 atom stereocenters. The third-order valence-corrected chi connectivity index (χ3v) is 6.28. The Labute approximate surface area is 231 Å². The van der Waals surface area contributed by atoms with Crippen LogP contribution in [0.5, 0.6) is 5.75 Å². The second kappa shape index (κ2) is 12.8. The van der Waals surface area contributed by atoms with Gasteiger partial charge in [0.15, 0.2) is 0 Å². The van der Waals surface area contributed by atoms with Crippen molar-refractivity contribution >= 4 is 5.97 Å². The first-order valence-corrected chi connectivity index (χ1v) is 12.6. The van der Waals surface area contributed by atoms with Crippen LogP contribution in [-0.2, 0) is 12.8 Å². The van der Waals surface area contributed by atoms with Crippen molar-refractivity contribution in [2.24, 2.45) is 0 Å². The minimum absolute atomic E-state index is 0.00352. The summed E-state index contributed by atoms with van der Waals surface area (Å²) in [4.78, 5) is 12.5. The molecule has 0 radical (unpaired) electrons. The van der Waals surface area contributed by atoms with E-state index in [1.165, 1.54) is 24.3 Å². The Bertz CT molecular complexity index is 1590. The van der Waals surface area contributed by atoms with Gasteiger partial charge < -0.3 is 4.74 Å². The average Bonchev–Trinajstić information content (AvgIpc) is 2.90. The van der Waals surface area contributed by atoms with Crippen molar-refractivity contribution in [1.82, 2.24) is 0 Å². The molecule has 0 heterocycles. The van der Waals surface area contributed by atoms with Crippen molar-refractivity contribution in [1.29, 1.82) is 0 Å². The van der Waals surface area contributed by atoms with E-state index in [4.69, 9.17) is 4.74 Å². The topological polar surface area (TPSA) is 26.3 Å². The van der Waals surface area contributed by atoms with Crippen LogP contribution < -0.4 is 4.74 Å². The fourth-order valence-electron chi connectivity index (χ4n) is 4.29. The summed E-state index contributed by atoms with van der Waals surface area (Å²) in [5, 5.41) is 0. The zero-order valence-corrected chi connectivity index (χ0v) is 21.7. The van der Waals surface area contributed by atoms with Gasteiger partial charge >= 0.3 is 5.97 Å². The number of alkyl halides is 2. The van der Waals surface area contributed by atoms with Crippen LogP contribution in [0.15, 0.2) is 78.9 Å². The lowest BCUT2D eigenvalue weighted by Gasteiger charge is -2.11. The van der Waals surface area contributed by atoms with Gasteiger partial charge in [-0.15, -0.1) is 0 Å². The highest BCUT2D eigenvalue weighted by molar-refractivity contribution is 5.92. The normalized spacial score (nSPS) is 11.4. The fraction of sp³-hybridized carbons (Fsp3) is 0.156. The average molecular weight is 573 g/mol. The molecular weight excluding hydrogens is 549 g/mol. The maximum atomic E-state index is 15.0. The highest BCUT2D eigenvalue weighted by Gasteiger charge is 2.19. The van der Waals surface area contributed by atoms with Gasteiger partial charge in [0, 0.05) is 28.8 Å². The molecular formula is C32H23F7O2. The largest absolute Gasteiger partial charge is 0.423 e. The molecule has 0 saturated carbocycles. The van der Waals surface area contributed by atoms with Crippen LogP contribution in [0.2, 0.25) is 0 Å². The minimum atomic E-state index is -2.78. The van der Waals surface area contributed by atoms with E-state index in [2.05, 4.69) is 0 Å². The van der Waals surface area contributed by atoms with Crippen molar-refractivity contribution in [2.45, 2.75) is 32.6 Å². The van der Waals surface area contributed by atoms with Crippen molar-refractivity contribution in [3.8, 4) is 28.0 Å². The Morgan fingerprint density at radius 2 is 1.34 bits per heavy atom. The zero-order valence-electron chi connectivity index (χ0n) is 21.7. The number of esters is 1. The molecule has 0 N–H and O–H groups in total. The van der Waals surface area contributed by atoms with E-state index in [1.807, 2.05) is 6.92 Å². The van der Waals surface area contributed by atoms with Crippen LogP contribution >= 0.6 is 0 Å². The number of halogens is 7. The number of rotatable bonds is 9. The molecule has 0 aliphatic rings. The number of benzene rings is 4. The van der Waals surface area contributed by atoms with E-state index in [1.54, 1.807) is 12.1 Å². The van der Waals surface area contributed by atoms with Crippen molar-refractivity contribution in [3.05, 3.63) is 125 Å². The summed E-state index contributed by atoms with van der Waals surface area (Å²) in [5.74, 6) is -6.43. The first-order valence-electron chi connectivity index (χ1n) is 12.6. The molecule has 212 valence electrons. The van der Waals surface area contributed by atoms with E-state index in [0.717, 1.165) is 36.3 Å². The lowest BCUT2D eigenvalue weighted by atomic mass is 9.97. The minimum Gasteiger partial charge on any atom is -0.423 e. The number of hydrogen-bond acceptors (Lipinski definition) is 2. The first kappa shape index (κ1) is 29.6. The molecule has 0 aliphatic heterocycles. The first-order chi connectivity index (χ1) is 19.6. The van der Waals surface area contributed by atoms with Gasteiger partial charge in [0.2, 0.25) is 0 Å². The Balaban J connectivity index is 1.52. The van der Waals surface area contributed by atoms with Crippen molar-refractivity contribution in [3.63, 3.8) is 0 Å². The van der Waals surface area contributed by atoms with Gasteiger partial charge in [-0.25, -0.2) is 35.5 Å². The van der Waals surface area contributed by atoms with Gasteiger partial charge in [-0.1, -0.05) is 49.8 Å². The molecule has 4 aromatic carbocycles. The molecule has 4 aromatic rings. The Kier molecular flexibility index (Phi) is 9.27. The molecule has 0 bridgehead atoms. The molecule has 0 unspecified atom stereocenters. The van der Waals surface area contributed by atoms with E-state index in [9.17, 15) is 31.1 Å². The highest BCUT2D eigenvalue weighted by Crippen LogP contribution is 2.31. The number of carbonyl (C=O) groups is 1. The quantitative estimate of drug-likeness (QED) is 0.0865. The maximum Gasteiger partial charge on any atom is 0.346 e. The predicted octanol–water partition coefficient (Wildman–Crippen LogP) is 9.25. The van der Waals surface area contributed by atoms with E-state index in [-0.39, 0.29) is 16.7 Å². The van der Waals surface area contributed by atoms with E-state index < -0.39 is 64.8 Å². The number of hydrogen-bond donors (Lipinski definition) is 0. The Morgan fingerprint density at radius 3 is 1.90 bits per heavy atom. The SMILES string of the molecule is CCCc1ccc(-c2ccc(-c3ccc(C(=O)Oc4cc(F)c(C/C=C/C(F)F)c(F)c4)c(F)c3)c(F)c2)c(F)c1. The Hall–Kier alpha value is -4.40. The molecule has 41 heavy (non-hydrogen) atoms. The summed E-state index contributed by atoms with van der Waals surface area (Å²) in [7, 11) is 0. The molecule has 0 saturated heterocycles. The smallest absolute Gasteiger partial charge is 0.346 e. The predicted molar refractivity (Wildman–Crippen MR) is 141 cm³/mol. The standard InChI is InChI=1S/C32H23F7O2/c1-2-4-18-7-10-22(26(33)13-18)19-8-11-23(27(34)14-19)20-9-12-25(28(35)15-20)32(40)41-21-16-29(36)24(30(37)17-21)5-3-6-31(38)39/h3,6-17,31H,2,4-5H2,1H3/b6-3+. The van der Waals surface area contributed by atoms with Gasteiger partial charge in [-0.2, -0.15) is 0 Å². The Morgan fingerprint density at radius 1 is 0.756 bits per heavy atom. The van der Waals surface area contributed by atoms with E-state index in [0.29, 0.717) is 30.2 Å². The van der Waals surface area contributed by atoms with Crippen molar-refractivity contribution in [2.75, 3.05) is 0 Å². The number of aryl methyl sites for hydroxylation is 1. The number of ether oxygens (including phenoxy) is 1. The third kappa shape index (κ3) is 7.03. The second-order valence-corrected chi connectivity index (χ2v) is 9.18. The molecule has 0 aliphatic carbocycles. The summed E-state index contributed by atoms with van der Waals surface area (Å²) < 4.78 is 102. The molecule has 9 heteroatoms. The van der Waals surface area contributed by atoms with Gasteiger partial charge in [-0.3, -0.25) is 0 Å². The van der Waals surface area contributed by atoms with E-state index >= 15 is 4.39 Å². The fourth-order valence-corrected chi connectivity index (χ4v) is 4.29. The van der Waals surface area contributed by atoms with Crippen LogP contribution in [0.25, 0.3) is 22.3 Å². The summed E-state index contributed by atoms with van der Waals surface area (Å²) in [6, 6.07) is 13.3. The highest BCUT2D eigenvalue weighted by atomic mass is 19.3. The van der Waals surface area contributed by atoms with Crippen molar-refractivity contribution < 1.29 is 40.3 Å². The third-order valence-electron chi connectivity index (χ3n) is 6.28. The number of carbonyl (C=O) groups excluding carboxylic acids is 1. The van der Waals surface area contributed by atoms with Crippen LogP contribution in [-0.4, -0.2) is 12.4 Å². The summed E-state index contributed by atoms with van der Waals surface area (Å²) in [5.41, 5.74) is 0.322. The summed E-state index contributed by atoms with van der Waals surface area (Å²) in [6.07, 6.45) is -0.298. The molecule has 0 amide bonds. The lowest BCUT2D eigenvalue weighted by molar-refractivity contribution is 0.0729. The summed E-state index contributed by atoms with van der Waals surface area (Å²) in [6.45, 7) is 1.97. The van der Waals surface area contributed by atoms with Gasteiger partial charge in [0.1, 0.15) is 34.8 Å². The van der Waals surface area contributed by atoms with Gasteiger partial charge in [-0.05, 0) is 59.9 Å². The molecule has 0 aromatic heterocycles. The van der Waals surface area contributed by atoms with Crippen LogP contribution in [0.4, 0.5) is 30.7 Å². The lowest BCUT2D eigenvalue weighted by Crippen LogP contribution is -2.11. The maximum absolute atomic E-state index is 15.0. The monoisotopic (exact) mass is 572 g/mol. The molecule has 4 rings (SSSR count). The molecule has 2 nitrogen and oxygen atoms in total. The number of allylic oxidation sites excluding steroid dienone is 2. The molecule has 0 spiro atoms. The van der Waals surface area contributed by atoms with Crippen LogP contribution in [0.1, 0.15) is 34.8 Å². The van der Waals surface area contributed by atoms with Crippen LogP contribution in [0, 0.1) is 29.1 Å². The van der Waals surface area contributed by atoms with Gasteiger partial charge in [0.25, 0.3) is 6.43 Å². The molecule has 0 fully saturated rings. The second-order valence-electron chi connectivity index (χ2n) is 9.18. The summed E-state index contributed by atoms with van der Waals surface area (Å²) >= 11 is 0.